The maximum Gasteiger partial charge on any atom is 0.284 e. The van der Waals surface area contributed by atoms with Crippen LogP contribution >= 0.6 is 0 Å². The molecule has 1 aliphatic rings. The molecule has 0 aromatic heterocycles. The Morgan fingerprint density at radius 1 is 1.33 bits per heavy atom. The fraction of sp³-hybridized carbons (Fsp3) is 0.500. The van der Waals surface area contributed by atoms with E-state index in [4.69, 9.17) is 0 Å². The number of nitrogens with zero attached hydrogens (tertiary/aromatic N) is 1. The molecule has 5 nitrogen and oxygen atoms in total. The molecule has 2 amide bonds. The Morgan fingerprint density at radius 3 is 2.52 bits per heavy atom. The molecule has 1 saturated carbocycles. The molecule has 2 N–H and O–H groups in total. The summed E-state index contributed by atoms with van der Waals surface area (Å²) in [7, 11) is 3.65. The minimum absolute atomic E-state index is 0.0120. The topological polar surface area (TPSA) is 53.9 Å². The summed E-state index contributed by atoms with van der Waals surface area (Å²) >= 11 is 0. The van der Waals surface area contributed by atoms with Crippen molar-refractivity contribution in [1.29, 1.82) is 0 Å². The number of hydrogen-bond donors (Lipinski definition) is 2. The molecule has 0 saturated heterocycles. The first-order valence-corrected chi connectivity index (χ1v) is 7.43. The van der Waals surface area contributed by atoms with E-state index in [0.717, 1.165) is 23.4 Å². The van der Waals surface area contributed by atoms with Gasteiger partial charge in [0.15, 0.2) is 12.6 Å². The molecule has 2 rings (SSSR count). The Balaban J connectivity index is 1.89. The van der Waals surface area contributed by atoms with Gasteiger partial charge < -0.3 is 15.1 Å². The standard InChI is InChI=1S/C16H23N3O2/c1-12(18(2)11-15(20)17-13-9-10-13)16(21)19(3)14-7-5-4-6-8-14/h4-8,12-13H,9-11H2,1-3H3,(H,17,20)/p+1/t12-/m1/s1. The molecule has 1 fully saturated rings. The summed E-state index contributed by atoms with van der Waals surface area (Å²) in [6, 6.07) is 9.64. The highest BCUT2D eigenvalue weighted by Crippen LogP contribution is 2.18. The van der Waals surface area contributed by atoms with E-state index in [0.29, 0.717) is 12.6 Å². The molecule has 1 aliphatic carbocycles. The Morgan fingerprint density at radius 2 is 1.95 bits per heavy atom. The van der Waals surface area contributed by atoms with Crippen molar-refractivity contribution in [2.45, 2.75) is 31.8 Å². The quantitative estimate of drug-likeness (QED) is 0.764. The Kier molecular flexibility index (Phi) is 4.96. The van der Waals surface area contributed by atoms with E-state index in [2.05, 4.69) is 5.32 Å². The number of hydrogen-bond acceptors (Lipinski definition) is 2. The normalized spacial score (nSPS) is 16.9. The van der Waals surface area contributed by atoms with Crippen LogP contribution in [0.4, 0.5) is 5.69 Å². The van der Waals surface area contributed by atoms with Crippen molar-refractivity contribution < 1.29 is 14.5 Å². The van der Waals surface area contributed by atoms with Gasteiger partial charge >= 0.3 is 0 Å². The van der Waals surface area contributed by atoms with Crippen LogP contribution in [-0.4, -0.2) is 44.5 Å². The second-order valence-electron chi connectivity index (χ2n) is 5.82. The molecule has 0 radical (unpaired) electrons. The molecule has 1 unspecified atom stereocenters. The van der Waals surface area contributed by atoms with Crippen LogP contribution in [0.3, 0.4) is 0 Å². The van der Waals surface area contributed by atoms with E-state index in [1.165, 1.54) is 0 Å². The van der Waals surface area contributed by atoms with Crippen LogP contribution in [-0.2, 0) is 9.59 Å². The molecule has 0 bridgehead atoms. The van der Waals surface area contributed by atoms with Gasteiger partial charge in [-0.3, -0.25) is 9.59 Å². The number of benzene rings is 1. The van der Waals surface area contributed by atoms with Gasteiger partial charge in [0.05, 0.1) is 7.05 Å². The summed E-state index contributed by atoms with van der Waals surface area (Å²) in [6.45, 7) is 2.19. The van der Waals surface area contributed by atoms with Crippen molar-refractivity contribution >= 4 is 17.5 Å². The van der Waals surface area contributed by atoms with Gasteiger partial charge in [-0.05, 0) is 31.9 Å². The highest BCUT2D eigenvalue weighted by atomic mass is 16.2. The third-order valence-corrected chi connectivity index (χ3v) is 3.97. The fourth-order valence-corrected chi connectivity index (χ4v) is 2.19. The third kappa shape index (κ3) is 4.29. The minimum atomic E-state index is -0.264. The summed E-state index contributed by atoms with van der Waals surface area (Å²) < 4.78 is 0. The van der Waals surface area contributed by atoms with Crippen LogP contribution in [0, 0.1) is 0 Å². The Labute approximate surface area is 125 Å². The maximum absolute atomic E-state index is 12.5. The zero-order chi connectivity index (χ0) is 15.4. The molecule has 5 heteroatoms. The van der Waals surface area contributed by atoms with Gasteiger partial charge in [0, 0.05) is 18.8 Å². The molecule has 1 aromatic rings. The number of carbonyl (C=O) groups excluding carboxylic acids is 2. The van der Waals surface area contributed by atoms with Crippen LogP contribution in [0.25, 0.3) is 0 Å². The molecule has 0 spiro atoms. The van der Waals surface area contributed by atoms with E-state index in [1.807, 2.05) is 44.3 Å². The first-order chi connectivity index (χ1) is 9.99. The lowest BCUT2D eigenvalue weighted by atomic mass is 10.2. The number of quaternary nitrogens is 1. The van der Waals surface area contributed by atoms with Crippen LogP contribution in [0.1, 0.15) is 19.8 Å². The second-order valence-corrected chi connectivity index (χ2v) is 5.82. The molecular weight excluding hydrogens is 266 g/mol. The van der Waals surface area contributed by atoms with E-state index in [-0.39, 0.29) is 17.9 Å². The summed E-state index contributed by atoms with van der Waals surface area (Å²) in [5, 5.41) is 2.95. The SMILES string of the molecule is C[C@H](C(=O)N(C)c1ccccc1)[NH+](C)CC(=O)NC1CC1. The number of rotatable bonds is 6. The number of amides is 2. The van der Waals surface area contributed by atoms with Crippen molar-refractivity contribution in [2.75, 3.05) is 25.5 Å². The lowest BCUT2D eigenvalue weighted by molar-refractivity contribution is -0.885. The van der Waals surface area contributed by atoms with E-state index < -0.39 is 0 Å². The predicted octanol–water partition coefficient (Wildman–Crippen LogP) is -0.169. The average Bonchev–Trinajstić information content (AvgIpc) is 3.29. The largest absolute Gasteiger partial charge is 0.348 e. The number of nitrogens with one attached hydrogen (secondary N) is 2. The number of likely N-dealkylation sites (N-methyl/N-ethyl adjacent to an activating group) is 2. The van der Waals surface area contributed by atoms with Gasteiger partial charge in [-0.15, -0.1) is 0 Å². The zero-order valence-electron chi connectivity index (χ0n) is 12.9. The molecule has 21 heavy (non-hydrogen) atoms. The maximum atomic E-state index is 12.5. The van der Waals surface area contributed by atoms with E-state index >= 15 is 0 Å². The lowest BCUT2D eigenvalue weighted by Gasteiger charge is -2.25. The van der Waals surface area contributed by atoms with Crippen molar-refractivity contribution in [1.82, 2.24) is 5.32 Å². The van der Waals surface area contributed by atoms with Crippen LogP contribution < -0.4 is 15.1 Å². The average molecular weight is 290 g/mol. The fourth-order valence-electron chi connectivity index (χ4n) is 2.19. The van der Waals surface area contributed by atoms with Crippen LogP contribution in [0.5, 0.6) is 0 Å². The van der Waals surface area contributed by atoms with Gasteiger partial charge in [0.25, 0.3) is 11.8 Å². The van der Waals surface area contributed by atoms with Gasteiger partial charge in [-0.2, -0.15) is 0 Å². The first kappa shape index (κ1) is 15.5. The smallest absolute Gasteiger partial charge is 0.284 e. The molecular formula is C16H24N3O2+. The van der Waals surface area contributed by atoms with Crippen molar-refractivity contribution in [2.24, 2.45) is 0 Å². The minimum Gasteiger partial charge on any atom is -0.348 e. The van der Waals surface area contributed by atoms with Crippen LogP contribution in [0.2, 0.25) is 0 Å². The van der Waals surface area contributed by atoms with Crippen LogP contribution in [0.15, 0.2) is 30.3 Å². The zero-order valence-corrected chi connectivity index (χ0v) is 12.9. The van der Waals surface area contributed by atoms with Crippen molar-refractivity contribution in [3.63, 3.8) is 0 Å². The highest BCUT2D eigenvalue weighted by molar-refractivity contribution is 5.95. The highest BCUT2D eigenvalue weighted by Gasteiger charge is 2.29. The summed E-state index contributed by atoms with van der Waals surface area (Å²) in [5.41, 5.74) is 0.865. The van der Waals surface area contributed by atoms with Gasteiger partial charge in [-0.25, -0.2) is 0 Å². The first-order valence-electron chi connectivity index (χ1n) is 7.43. The van der Waals surface area contributed by atoms with Crippen molar-refractivity contribution in [3.05, 3.63) is 30.3 Å². The molecule has 114 valence electrons. The number of para-hydroxylation sites is 1. The van der Waals surface area contributed by atoms with Crippen molar-refractivity contribution in [3.8, 4) is 0 Å². The Hall–Kier alpha value is -1.88. The van der Waals surface area contributed by atoms with E-state index in [1.54, 1.807) is 11.9 Å². The summed E-state index contributed by atoms with van der Waals surface area (Å²) in [5.74, 6) is 0.0370. The molecule has 1 aromatic carbocycles. The van der Waals surface area contributed by atoms with Gasteiger partial charge in [0.1, 0.15) is 0 Å². The monoisotopic (exact) mass is 290 g/mol. The van der Waals surface area contributed by atoms with E-state index in [9.17, 15) is 9.59 Å². The lowest BCUT2D eigenvalue weighted by Crippen LogP contribution is -3.15. The number of carbonyl (C=O) groups is 2. The molecule has 2 atom stereocenters. The number of anilines is 1. The summed E-state index contributed by atoms with van der Waals surface area (Å²) in [6.07, 6.45) is 2.16. The predicted molar refractivity (Wildman–Crippen MR) is 82.2 cm³/mol. The molecule has 0 aliphatic heterocycles. The summed E-state index contributed by atoms with van der Waals surface area (Å²) in [4.78, 5) is 26.8. The van der Waals surface area contributed by atoms with Gasteiger partial charge in [-0.1, -0.05) is 18.2 Å². The Bertz CT molecular complexity index is 500. The third-order valence-electron chi connectivity index (χ3n) is 3.97. The molecule has 0 heterocycles. The second kappa shape index (κ2) is 6.72. The van der Waals surface area contributed by atoms with Gasteiger partial charge in [0.2, 0.25) is 0 Å².